The van der Waals surface area contributed by atoms with Gasteiger partial charge in [0, 0.05) is 25.4 Å². The average Bonchev–Trinajstić information content (AvgIpc) is 2.14. The van der Waals surface area contributed by atoms with Crippen molar-refractivity contribution in [1.29, 1.82) is 0 Å². The van der Waals surface area contributed by atoms with Gasteiger partial charge in [0.25, 0.3) is 0 Å². The molecule has 0 bridgehead atoms. The predicted octanol–water partition coefficient (Wildman–Crippen LogP) is 0.136. The summed E-state index contributed by atoms with van der Waals surface area (Å²) in [5.41, 5.74) is 0. The first kappa shape index (κ1) is 10.8. The maximum absolute atomic E-state index is 10.2. The molecule has 1 N–H and O–H groups in total. The topological polar surface area (TPSA) is 49.8 Å². The Labute approximate surface area is 82.2 Å². The molecule has 0 atom stereocenters. The van der Waals surface area contributed by atoms with Crippen LogP contribution in [-0.4, -0.2) is 60.3 Å². The Morgan fingerprint density at radius 2 is 2.15 bits per heavy atom. The van der Waals surface area contributed by atoms with Crippen LogP contribution >= 0.6 is 11.8 Å². The van der Waals surface area contributed by atoms with Crippen molar-refractivity contribution < 1.29 is 14.6 Å². The minimum atomic E-state index is -0.730. The van der Waals surface area contributed by atoms with Gasteiger partial charge in [-0.2, -0.15) is 0 Å². The fourth-order valence-corrected chi connectivity index (χ4v) is 1.88. The van der Waals surface area contributed by atoms with E-state index in [1.165, 1.54) is 11.8 Å². The van der Waals surface area contributed by atoms with Crippen LogP contribution in [-0.2, 0) is 9.53 Å². The Bertz CT molecular complexity index is 159. The SMILES string of the molecule is O=C(O)CSCCN1CCOCC1. The van der Waals surface area contributed by atoms with Gasteiger partial charge >= 0.3 is 5.97 Å². The number of rotatable bonds is 5. The first-order valence-electron chi connectivity index (χ1n) is 4.38. The van der Waals surface area contributed by atoms with Gasteiger partial charge in [-0.3, -0.25) is 9.69 Å². The van der Waals surface area contributed by atoms with Crippen LogP contribution in [0.4, 0.5) is 0 Å². The lowest BCUT2D eigenvalue weighted by Gasteiger charge is -2.26. The molecule has 0 aromatic heterocycles. The molecule has 0 spiro atoms. The largest absolute Gasteiger partial charge is 0.481 e. The Hall–Kier alpha value is -0.260. The van der Waals surface area contributed by atoms with Crippen LogP contribution < -0.4 is 0 Å². The zero-order valence-electron chi connectivity index (χ0n) is 7.57. The third-order valence-corrected chi connectivity index (χ3v) is 2.80. The van der Waals surface area contributed by atoms with Crippen LogP contribution in [0.15, 0.2) is 0 Å². The molecule has 5 heteroatoms. The second kappa shape index (κ2) is 6.23. The molecule has 76 valence electrons. The molecule has 0 aromatic rings. The Morgan fingerprint density at radius 1 is 1.46 bits per heavy atom. The highest BCUT2D eigenvalue weighted by molar-refractivity contribution is 7.99. The number of ether oxygens (including phenoxy) is 1. The first-order valence-corrected chi connectivity index (χ1v) is 5.54. The van der Waals surface area contributed by atoms with Crippen molar-refractivity contribution in [1.82, 2.24) is 4.90 Å². The Balaban J connectivity index is 1.95. The zero-order chi connectivity index (χ0) is 9.52. The summed E-state index contributed by atoms with van der Waals surface area (Å²) in [5.74, 6) is 0.378. The number of aliphatic carboxylic acids is 1. The molecular weight excluding hydrogens is 190 g/mol. The second-order valence-corrected chi connectivity index (χ2v) is 4.01. The van der Waals surface area contributed by atoms with Crippen LogP contribution in [0.5, 0.6) is 0 Å². The molecule has 1 rings (SSSR count). The lowest BCUT2D eigenvalue weighted by molar-refractivity contribution is -0.133. The quantitative estimate of drug-likeness (QED) is 0.647. The van der Waals surface area contributed by atoms with Gasteiger partial charge in [-0.15, -0.1) is 11.8 Å². The summed E-state index contributed by atoms with van der Waals surface area (Å²) in [6.45, 7) is 4.55. The van der Waals surface area contributed by atoms with Gasteiger partial charge in [0.15, 0.2) is 0 Å². The van der Waals surface area contributed by atoms with Gasteiger partial charge in [0.1, 0.15) is 0 Å². The normalized spacial score (nSPS) is 18.8. The highest BCUT2D eigenvalue weighted by Crippen LogP contribution is 2.02. The number of carboxylic acids is 1. The molecular formula is C8H15NO3S. The second-order valence-electron chi connectivity index (χ2n) is 2.90. The van der Waals surface area contributed by atoms with E-state index in [1.807, 2.05) is 0 Å². The molecule has 0 aromatic carbocycles. The highest BCUT2D eigenvalue weighted by Gasteiger charge is 2.09. The van der Waals surface area contributed by atoms with Gasteiger partial charge in [-0.25, -0.2) is 0 Å². The van der Waals surface area contributed by atoms with E-state index in [1.54, 1.807) is 0 Å². The molecule has 1 aliphatic heterocycles. The summed E-state index contributed by atoms with van der Waals surface area (Å²) < 4.78 is 5.20. The van der Waals surface area contributed by atoms with Gasteiger partial charge < -0.3 is 9.84 Å². The maximum atomic E-state index is 10.2. The number of hydrogen-bond donors (Lipinski definition) is 1. The molecule has 13 heavy (non-hydrogen) atoms. The summed E-state index contributed by atoms with van der Waals surface area (Å²) in [5, 5.41) is 8.40. The molecule has 0 saturated carbocycles. The molecule has 1 heterocycles. The van der Waals surface area contributed by atoms with Crippen molar-refractivity contribution >= 4 is 17.7 Å². The van der Waals surface area contributed by atoms with Crippen molar-refractivity contribution in [3.8, 4) is 0 Å². The summed E-state index contributed by atoms with van der Waals surface area (Å²) in [6, 6.07) is 0. The van der Waals surface area contributed by atoms with Gasteiger partial charge in [-0.05, 0) is 0 Å². The number of hydrogen-bond acceptors (Lipinski definition) is 4. The Morgan fingerprint density at radius 3 is 2.77 bits per heavy atom. The van der Waals surface area contributed by atoms with E-state index in [4.69, 9.17) is 9.84 Å². The molecule has 1 aliphatic rings. The number of carbonyl (C=O) groups is 1. The van der Waals surface area contributed by atoms with Gasteiger partial charge in [0.05, 0.1) is 19.0 Å². The summed E-state index contributed by atoms with van der Waals surface area (Å²) >= 11 is 1.47. The fraction of sp³-hybridized carbons (Fsp3) is 0.875. The number of carboxylic acid groups (broad SMARTS) is 1. The minimum Gasteiger partial charge on any atom is -0.481 e. The van der Waals surface area contributed by atoms with Gasteiger partial charge in [-0.1, -0.05) is 0 Å². The fourth-order valence-electron chi connectivity index (χ4n) is 1.18. The van der Waals surface area contributed by atoms with E-state index >= 15 is 0 Å². The number of morpholine rings is 1. The molecule has 1 saturated heterocycles. The van der Waals surface area contributed by atoms with Crippen molar-refractivity contribution in [3.63, 3.8) is 0 Å². The van der Waals surface area contributed by atoms with E-state index in [2.05, 4.69) is 4.90 Å². The lowest BCUT2D eigenvalue weighted by atomic mass is 10.4. The summed E-state index contributed by atoms with van der Waals surface area (Å²) in [7, 11) is 0. The minimum absolute atomic E-state index is 0.213. The average molecular weight is 205 g/mol. The van der Waals surface area contributed by atoms with Crippen LogP contribution in [0.1, 0.15) is 0 Å². The molecule has 0 radical (unpaired) electrons. The summed E-state index contributed by atoms with van der Waals surface area (Å²) in [6.07, 6.45) is 0. The van der Waals surface area contributed by atoms with Crippen LogP contribution in [0.3, 0.4) is 0 Å². The molecule has 4 nitrogen and oxygen atoms in total. The van der Waals surface area contributed by atoms with Gasteiger partial charge in [0.2, 0.25) is 0 Å². The van der Waals surface area contributed by atoms with Crippen molar-refractivity contribution in [2.45, 2.75) is 0 Å². The Kier molecular flexibility index (Phi) is 5.19. The first-order chi connectivity index (χ1) is 6.29. The van der Waals surface area contributed by atoms with E-state index in [0.717, 1.165) is 38.6 Å². The number of nitrogens with zero attached hydrogens (tertiary/aromatic N) is 1. The highest BCUT2D eigenvalue weighted by atomic mass is 32.2. The van der Waals surface area contributed by atoms with Crippen LogP contribution in [0.25, 0.3) is 0 Å². The lowest BCUT2D eigenvalue weighted by Crippen LogP contribution is -2.37. The summed E-state index contributed by atoms with van der Waals surface area (Å²) in [4.78, 5) is 12.5. The predicted molar refractivity (Wildman–Crippen MR) is 52.2 cm³/mol. The monoisotopic (exact) mass is 205 g/mol. The van der Waals surface area contributed by atoms with E-state index in [9.17, 15) is 4.79 Å². The molecule has 0 unspecified atom stereocenters. The van der Waals surface area contributed by atoms with Crippen molar-refractivity contribution in [2.24, 2.45) is 0 Å². The smallest absolute Gasteiger partial charge is 0.313 e. The molecule has 1 fully saturated rings. The van der Waals surface area contributed by atoms with E-state index in [-0.39, 0.29) is 5.75 Å². The van der Waals surface area contributed by atoms with Crippen LogP contribution in [0, 0.1) is 0 Å². The molecule has 0 amide bonds. The number of thioether (sulfide) groups is 1. The van der Waals surface area contributed by atoms with Crippen LogP contribution in [0.2, 0.25) is 0 Å². The van der Waals surface area contributed by atoms with Crippen molar-refractivity contribution in [3.05, 3.63) is 0 Å². The standard InChI is InChI=1S/C8H15NO3S/c10-8(11)7-13-6-3-9-1-4-12-5-2-9/h1-7H2,(H,10,11). The third-order valence-electron chi connectivity index (χ3n) is 1.88. The van der Waals surface area contributed by atoms with E-state index in [0.29, 0.717) is 0 Å². The van der Waals surface area contributed by atoms with E-state index < -0.39 is 5.97 Å². The third kappa shape index (κ3) is 5.13. The van der Waals surface area contributed by atoms with Crippen molar-refractivity contribution in [2.75, 3.05) is 44.4 Å². The maximum Gasteiger partial charge on any atom is 0.313 e. The molecule has 0 aliphatic carbocycles. The zero-order valence-corrected chi connectivity index (χ0v) is 8.39.